The highest BCUT2D eigenvalue weighted by Gasteiger charge is 2.19. The van der Waals surface area contributed by atoms with Crippen molar-refractivity contribution >= 4 is 16.3 Å². The molecule has 6 heteroatoms. The SMILES string of the molecule is CN(C)C(C)(C)CNCc1ccc([N+](=O)[O-])s1. The Hall–Kier alpha value is -0.980. The average molecular weight is 257 g/mol. The summed E-state index contributed by atoms with van der Waals surface area (Å²) in [6, 6.07) is 3.36. The molecular weight excluding hydrogens is 238 g/mol. The van der Waals surface area contributed by atoms with Gasteiger partial charge in [0.05, 0.1) is 4.92 Å². The molecule has 0 spiro atoms. The van der Waals surface area contributed by atoms with Crippen LogP contribution < -0.4 is 5.32 Å². The lowest BCUT2D eigenvalue weighted by molar-refractivity contribution is -0.380. The number of rotatable bonds is 6. The van der Waals surface area contributed by atoms with Crippen molar-refractivity contribution in [3.05, 3.63) is 27.1 Å². The molecule has 1 aromatic heterocycles. The highest BCUT2D eigenvalue weighted by Crippen LogP contribution is 2.23. The predicted molar refractivity (Wildman–Crippen MR) is 70.4 cm³/mol. The lowest BCUT2D eigenvalue weighted by Gasteiger charge is -2.32. The van der Waals surface area contributed by atoms with Crippen LogP contribution in [0.1, 0.15) is 18.7 Å². The van der Waals surface area contributed by atoms with E-state index in [9.17, 15) is 10.1 Å². The van der Waals surface area contributed by atoms with Crippen LogP contribution in [0.5, 0.6) is 0 Å². The van der Waals surface area contributed by atoms with Gasteiger partial charge < -0.3 is 10.2 Å². The van der Waals surface area contributed by atoms with Gasteiger partial charge in [0.1, 0.15) is 0 Å². The minimum atomic E-state index is -0.349. The molecule has 1 heterocycles. The molecule has 0 aliphatic heterocycles. The zero-order valence-electron chi connectivity index (χ0n) is 10.7. The number of hydrogen-bond donors (Lipinski definition) is 1. The molecule has 0 radical (unpaired) electrons. The minimum absolute atomic E-state index is 0.0726. The Morgan fingerprint density at radius 2 is 2.12 bits per heavy atom. The van der Waals surface area contributed by atoms with Crippen LogP contribution in [0.3, 0.4) is 0 Å². The Morgan fingerprint density at radius 1 is 1.47 bits per heavy atom. The molecule has 0 amide bonds. The number of likely N-dealkylation sites (N-methyl/N-ethyl adjacent to an activating group) is 1. The van der Waals surface area contributed by atoms with Gasteiger partial charge in [0.15, 0.2) is 0 Å². The molecule has 0 bridgehead atoms. The van der Waals surface area contributed by atoms with Gasteiger partial charge in [-0.05, 0) is 34.0 Å². The van der Waals surface area contributed by atoms with Crippen LogP contribution in [-0.4, -0.2) is 36.0 Å². The molecule has 96 valence electrons. The van der Waals surface area contributed by atoms with Gasteiger partial charge in [-0.3, -0.25) is 10.1 Å². The maximum absolute atomic E-state index is 10.5. The molecule has 0 saturated heterocycles. The third-order valence-electron chi connectivity index (χ3n) is 2.89. The Bertz CT molecular complexity index is 388. The number of hydrogen-bond acceptors (Lipinski definition) is 5. The summed E-state index contributed by atoms with van der Waals surface area (Å²) >= 11 is 1.22. The highest BCUT2D eigenvalue weighted by atomic mass is 32.1. The van der Waals surface area contributed by atoms with Crippen LogP contribution in [0.2, 0.25) is 0 Å². The van der Waals surface area contributed by atoms with E-state index in [2.05, 4.69) is 24.1 Å². The fraction of sp³-hybridized carbons (Fsp3) is 0.636. The summed E-state index contributed by atoms with van der Waals surface area (Å²) in [5.74, 6) is 0. The third kappa shape index (κ3) is 4.07. The Kier molecular flexibility index (Phi) is 4.62. The first-order valence-corrected chi connectivity index (χ1v) is 6.26. The second-order valence-electron chi connectivity index (χ2n) is 4.81. The van der Waals surface area contributed by atoms with Crippen LogP contribution in [0.25, 0.3) is 0 Å². The van der Waals surface area contributed by atoms with Gasteiger partial charge in [-0.25, -0.2) is 0 Å². The molecule has 5 nitrogen and oxygen atoms in total. The number of thiophene rings is 1. The van der Waals surface area contributed by atoms with Crippen molar-refractivity contribution in [2.75, 3.05) is 20.6 Å². The first-order chi connectivity index (χ1) is 7.83. The fourth-order valence-corrected chi connectivity index (χ4v) is 2.00. The van der Waals surface area contributed by atoms with E-state index in [-0.39, 0.29) is 15.5 Å². The summed E-state index contributed by atoms with van der Waals surface area (Å²) in [4.78, 5) is 13.3. The van der Waals surface area contributed by atoms with Crippen molar-refractivity contribution in [1.82, 2.24) is 10.2 Å². The van der Waals surface area contributed by atoms with Gasteiger partial charge in [0.2, 0.25) is 0 Å². The number of nitro groups is 1. The summed E-state index contributed by atoms with van der Waals surface area (Å²) in [5, 5.41) is 14.0. The summed E-state index contributed by atoms with van der Waals surface area (Å²) in [5.41, 5.74) is 0.0726. The van der Waals surface area contributed by atoms with E-state index in [1.807, 2.05) is 14.1 Å². The molecule has 1 rings (SSSR count). The van der Waals surface area contributed by atoms with E-state index in [4.69, 9.17) is 0 Å². The number of nitrogens with one attached hydrogen (secondary N) is 1. The van der Waals surface area contributed by atoms with Gasteiger partial charge in [0.25, 0.3) is 0 Å². The van der Waals surface area contributed by atoms with Gasteiger partial charge in [0, 0.05) is 29.6 Å². The Balaban J connectivity index is 2.43. The van der Waals surface area contributed by atoms with Crippen molar-refractivity contribution in [1.29, 1.82) is 0 Å². The third-order valence-corrected chi connectivity index (χ3v) is 3.93. The van der Waals surface area contributed by atoms with Crippen molar-refractivity contribution in [2.45, 2.75) is 25.9 Å². The molecular formula is C11H19N3O2S. The van der Waals surface area contributed by atoms with Gasteiger partial charge in [-0.1, -0.05) is 11.3 Å². The van der Waals surface area contributed by atoms with E-state index in [0.29, 0.717) is 6.54 Å². The summed E-state index contributed by atoms with van der Waals surface area (Å²) in [7, 11) is 4.08. The molecule has 0 aromatic carbocycles. The zero-order chi connectivity index (χ0) is 13.1. The average Bonchev–Trinajstić information content (AvgIpc) is 2.66. The zero-order valence-corrected chi connectivity index (χ0v) is 11.5. The molecule has 0 unspecified atom stereocenters. The van der Waals surface area contributed by atoms with Crippen LogP contribution in [0, 0.1) is 10.1 Å². The lowest BCUT2D eigenvalue weighted by atomic mass is 10.0. The molecule has 1 aromatic rings. The fourth-order valence-electron chi connectivity index (χ4n) is 1.21. The standard InChI is InChI=1S/C11H19N3O2S/c1-11(2,13(3)4)8-12-7-9-5-6-10(17-9)14(15)16/h5-6,12H,7-8H2,1-4H3. The monoisotopic (exact) mass is 257 g/mol. The van der Waals surface area contributed by atoms with Crippen LogP contribution >= 0.6 is 11.3 Å². The normalized spacial score (nSPS) is 12.1. The molecule has 0 atom stereocenters. The number of nitrogens with zero attached hydrogens (tertiary/aromatic N) is 2. The van der Waals surface area contributed by atoms with Crippen molar-refractivity contribution in [3.8, 4) is 0 Å². The maximum atomic E-state index is 10.5. The molecule has 0 fully saturated rings. The molecule has 0 saturated carbocycles. The lowest BCUT2D eigenvalue weighted by Crippen LogP contribution is -2.46. The van der Waals surface area contributed by atoms with Crippen LogP contribution in [0.4, 0.5) is 5.00 Å². The van der Waals surface area contributed by atoms with Crippen molar-refractivity contribution in [3.63, 3.8) is 0 Å². The van der Waals surface area contributed by atoms with Crippen LogP contribution in [-0.2, 0) is 6.54 Å². The van der Waals surface area contributed by atoms with E-state index in [1.54, 1.807) is 12.1 Å². The predicted octanol–water partition coefficient (Wildman–Crippen LogP) is 2.09. The smallest absolute Gasteiger partial charge is 0.310 e. The molecule has 17 heavy (non-hydrogen) atoms. The van der Waals surface area contributed by atoms with Crippen molar-refractivity contribution < 1.29 is 4.92 Å². The molecule has 1 N–H and O–H groups in total. The van der Waals surface area contributed by atoms with Gasteiger partial charge >= 0.3 is 5.00 Å². The van der Waals surface area contributed by atoms with Gasteiger partial charge in [-0.2, -0.15) is 0 Å². The summed E-state index contributed by atoms with van der Waals surface area (Å²) in [6.07, 6.45) is 0. The quantitative estimate of drug-likeness (QED) is 0.626. The maximum Gasteiger partial charge on any atom is 0.324 e. The van der Waals surface area contributed by atoms with E-state index in [1.165, 1.54) is 11.3 Å². The first-order valence-electron chi connectivity index (χ1n) is 5.44. The largest absolute Gasteiger partial charge is 0.324 e. The second kappa shape index (κ2) is 5.57. The Morgan fingerprint density at radius 3 is 2.59 bits per heavy atom. The minimum Gasteiger partial charge on any atom is -0.310 e. The van der Waals surface area contributed by atoms with E-state index in [0.717, 1.165) is 11.4 Å². The summed E-state index contributed by atoms with van der Waals surface area (Å²) < 4.78 is 0. The van der Waals surface area contributed by atoms with Crippen molar-refractivity contribution in [2.24, 2.45) is 0 Å². The van der Waals surface area contributed by atoms with Gasteiger partial charge in [-0.15, -0.1) is 0 Å². The topological polar surface area (TPSA) is 58.4 Å². The second-order valence-corrected chi connectivity index (χ2v) is 5.95. The van der Waals surface area contributed by atoms with E-state index < -0.39 is 0 Å². The van der Waals surface area contributed by atoms with E-state index >= 15 is 0 Å². The highest BCUT2D eigenvalue weighted by molar-refractivity contribution is 7.15. The Labute approximate surface area is 106 Å². The molecule has 0 aliphatic carbocycles. The first kappa shape index (κ1) is 14.1. The van der Waals surface area contributed by atoms with Crippen LogP contribution in [0.15, 0.2) is 12.1 Å². The summed E-state index contributed by atoms with van der Waals surface area (Å²) in [6.45, 7) is 5.81. The molecule has 0 aliphatic rings.